The minimum atomic E-state index is -0.850. The van der Waals surface area contributed by atoms with E-state index in [-0.39, 0.29) is 29.6 Å². The molecule has 3 heteroatoms. The average molecular weight is 146 g/mol. The minimum Gasteiger partial charge on any atom is -0.629 e. The van der Waals surface area contributed by atoms with Crippen molar-refractivity contribution in [1.82, 2.24) is 0 Å². The van der Waals surface area contributed by atoms with E-state index < -0.39 is 5.95 Å². The Hall–Kier alpha value is -0.180. The second-order valence-electron chi connectivity index (χ2n) is 1.93. The standard InChI is InChI=1S/C7H8O2.Na/c1-5-3-2-4-6(5)7(8)9;/h2-4,8-9H,1H3;/q;+1/p-1. The number of allylic oxidation sites excluding steroid dienone is 5. The van der Waals surface area contributed by atoms with Crippen LogP contribution in [-0.4, -0.2) is 5.11 Å². The molecule has 48 valence electrons. The van der Waals surface area contributed by atoms with Crippen molar-refractivity contribution in [2.75, 3.05) is 0 Å². The molecule has 1 aliphatic rings. The monoisotopic (exact) mass is 146 g/mol. The molecule has 0 saturated carbocycles. The van der Waals surface area contributed by atoms with Crippen LogP contribution in [0.4, 0.5) is 0 Å². The normalized spacial score (nSPS) is 19.9. The van der Waals surface area contributed by atoms with Crippen LogP contribution >= 0.6 is 0 Å². The molecule has 0 spiro atoms. The third-order valence-corrected chi connectivity index (χ3v) is 1.26. The Kier molecular flexibility index (Phi) is 3.79. The van der Waals surface area contributed by atoms with Crippen LogP contribution in [-0.2, 0) is 0 Å². The van der Waals surface area contributed by atoms with Crippen molar-refractivity contribution in [3.05, 3.63) is 35.3 Å². The molecule has 0 amide bonds. The molecule has 1 rings (SSSR count). The average Bonchev–Trinajstić information content (AvgIpc) is 2.13. The van der Waals surface area contributed by atoms with Crippen molar-refractivity contribution in [2.45, 2.75) is 6.92 Å². The van der Waals surface area contributed by atoms with Crippen LogP contribution in [0.5, 0.6) is 0 Å². The van der Waals surface area contributed by atoms with Gasteiger partial charge in [0.1, 0.15) is 0 Å². The van der Waals surface area contributed by atoms with Gasteiger partial charge in [0.25, 0.3) is 0 Å². The van der Waals surface area contributed by atoms with Gasteiger partial charge >= 0.3 is 29.6 Å². The molecule has 0 aromatic heterocycles. The minimum absolute atomic E-state index is 0. The molecule has 0 bridgehead atoms. The summed E-state index contributed by atoms with van der Waals surface area (Å²) in [6.45, 7) is 1.78. The van der Waals surface area contributed by atoms with Crippen LogP contribution < -0.4 is 34.7 Å². The van der Waals surface area contributed by atoms with Crippen molar-refractivity contribution in [3.63, 3.8) is 0 Å². The molecule has 10 heavy (non-hydrogen) atoms. The fourth-order valence-corrected chi connectivity index (χ4v) is 0.750. The first-order valence-electron chi connectivity index (χ1n) is 2.67. The summed E-state index contributed by atoms with van der Waals surface area (Å²) in [6.07, 6.45) is 5.11. The summed E-state index contributed by atoms with van der Waals surface area (Å²) in [5, 5.41) is 18.7. The maximum Gasteiger partial charge on any atom is 1.00 e. The number of hydrogen-bond donors (Lipinski definition) is 1. The Morgan fingerprint density at radius 1 is 1.60 bits per heavy atom. The summed E-state index contributed by atoms with van der Waals surface area (Å²) < 4.78 is 0. The van der Waals surface area contributed by atoms with E-state index in [0.29, 0.717) is 5.57 Å². The van der Waals surface area contributed by atoms with Gasteiger partial charge < -0.3 is 10.2 Å². The second kappa shape index (κ2) is 3.86. The molecule has 0 aromatic carbocycles. The van der Waals surface area contributed by atoms with E-state index in [2.05, 4.69) is 0 Å². The smallest absolute Gasteiger partial charge is 0.629 e. The van der Waals surface area contributed by atoms with Crippen molar-refractivity contribution in [1.29, 1.82) is 0 Å². The summed E-state index contributed by atoms with van der Waals surface area (Å²) in [6, 6.07) is 0. The van der Waals surface area contributed by atoms with Gasteiger partial charge in [-0.3, -0.25) is 0 Å². The second-order valence-corrected chi connectivity index (χ2v) is 1.93. The number of rotatable bonds is 0. The van der Waals surface area contributed by atoms with Crippen molar-refractivity contribution >= 4 is 0 Å². The third-order valence-electron chi connectivity index (χ3n) is 1.26. The third kappa shape index (κ3) is 1.90. The fourth-order valence-electron chi connectivity index (χ4n) is 0.750. The number of aliphatic hydroxyl groups excluding tert-OH is 1. The predicted octanol–water partition coefficient (Wildman–Crippen LogP) is -2.36. The van der Waals surface area contributed by atoms with E-state index in [4.69, 9.17) is 5.11 Å². The summed E-state index contributed by atoms with van der Waals surface area (Å²) >= 11 is 0. The van der Waals surface area contributed by atoms with E-state index in [1.54, 1.807) is 25.2 Å². The Bertz CT molecular complexity index is 210. The first-order valence-corrected chi connectivity index (χ1v) is 2.67. The zero-order valence-corrected chi connectivity index (χ0v) is 8.09. The quantitative estimate of drug-likeness (QED) is 0.307. The zero-order valence-electron chi connectivity index (χ0n) is 6.09. The summed E-state index contributed by atoms with van der Waals surface area (Å²) in [5.41, 5.74) is 1.22. The van der Waals surface area contributed by atoms with Gasteiger partial charge in [0, 0.05) is 0 Å². The van der Waals surface area contributed by atoms with Gasteiger partial charge in [-0.15, -0.1) is 0 Å². The van der Waals surface area contributed by atoms with Gasteiger partial charge in [-0.25, -0.2) is 0 Å². The SMILES string of the molecule is CC1=CC=C/C1=C(\[O-])O.[Na+]. The Morgan fingerprint density at radius 2 is 2.20 bits per heavy atom. The van der Waals surface area contributed by atoms with Crippen molar-refractivity contribution < 1.29 is 39.8 Å². The van der Waals surface area contributed by atoms with E-state index in [0.717, 1.165) is 5.57 Å². The molecule has 1 N–H and O–H groups in total. The van der Waals surface area contributed by atoms with Crippen LogP contribution in [0.15, 0.2) is 35.3 Å². The molecule has 1 aliphatic carbocycles. The summed E-state index contributed by atoms with van der Waals surface area (Å²) in [7, 11) is 0. The molecule has 0 heterocycles. The molecule has 0 aliphatic heterocycles. The van der Waals surface area contributed by atoms with Gasteiger partial charge in [0.05, 0.1) is 5.95 Å². The summed E-state index contributed by atoms with van der Waals surface area (Å²) in [4.78, 5) is 0. The van der Waals surface area contributed by atoms with Gasteiger partial charge in [0.15, 0.2) is 0 Å². The molecule has 0 unspecified atom stereocenters. The Labute approximate surface area is 81.9 Å². The van der Waals surface area contributed by atoms with Gasteiger partial charge in [-0.2, -0.15) is 0 Å². The Balaban J connectivity index is 0.000000810. The van der Waals surface area contributed by atoms with Crippen LogP contribution in [0, 0.1) is 0 Å². The fraction of sp³-hybridized carbons (Fsp3) is 0.143. The first kappa shape index (κ1) is 9.82. The number of aliphatic hydroxyl groups is 1. The van der Waals surface area contributed by atoms with E-state index in [1.165, 1.54) is 0 Å². The molecule has 0 aromatic rings. The number of hydrogen-bond acceptors (Lipinski definition) is 2. The molecule has 0 radical (unpaired) electrons. The van der Waals surface area contributed by atoms with Crippen LogP contribution in [0.1, 0.15) is 6.92 Å². The zero-order chi connectivity index (χ0) is 6.85. The first-order chi connectivity index (χ1) is 4.22. The van der Waals surface area contributed by atoms with E-state index in [9.17, 15) is 5.11 Å². The topological polar surface area (TPSA) is 43.3 Å². The van der Waals surface area contributed by atoms with Crippen LogP contribution in [0.2, 0.25) is 0 Å². The molecule has 0 atom stereocenters. The van der Waals surface area contributed by atoms with E-state index >= 15 is 0 Å². The largest absolute Gasteiger partial charge is 1.00 e. The van der Waals surface area contributed by atoms with Gasteiger partial charge in [-0.1, -0.05) is 18.2 Å². The molecule has 0 saturated heterocycles. The summed E-state index contributed by atoms with van der Waals surface area (Å²) in [5.74, 6) is -0.850. The van der Waals surface area contributed by atoms with Crippen LogP contribution in [0.25, 0.3) is 0 Å². The van der Waals surface area contributed by atoms with Crippen molar-refractivity contribution in [3.8, 4) is 0 Å². The predicted molar refractivity (Wildman–Crippen MR) is 32.6 cm³/mol. The van der Waals surface area contributed by atoms with Crippen molar-refractivity contribution in [2.24, 2.45) is 0 Å². The Morgan fingerprint density at radius 3 is 2.40 bits per heavy atom. The molecule has 0 fully saturated rings. The van der Waals surface area contributed by atoms with E-state index in [1.807, 2.05) is 0 Å². The van der Waals surface area contributed by atoms with Gasteiger partial charge in [0.2, 0.25) is 0 Å². The maximum atomic E-state index is 10.3. The molecular formula is C7H7NaO2. The van der Waals surface area contributed by atoms with Gasteiger partial charge in [-0.05, 0) is 18.1 Å². The van der Waals surface area contributed by atoms with Crippen LogP contribution in [0.3, 0.4) is 0 Å². The molecule has 2 nitrogen and oxygen atoms in total. The maximum absolute atomic E-state index is 10.3. The molecular weight excluding hydrogens is 139 g/mol.